The lowest BCUT2D eigenvalue weighted by Crippen LogP contribution is -2.25. The quantitative estimate of drug-likeness (QED) is 0.537. The molecule has 0 saturated heterocycles. The molecule has 1 nitrogen and oxygen atoms in total. The van der Waals surface area contributed by atoms with Crippen LogP contribution in [-0.2, 0) is 0 Å². The Labute approximate surface area is 95.3 Å². The molecule has 0 spiro atoms. The van der Waals surface area contributed by atoms with Crippen molar-refractivity contribution < 1.29 is 0 Å². The molecule has 88 valence electrons. The van der Waals surface area contributed by atoms with E-state index in [0.29, 0.717) is 0 Å². The zero-order valence-electron chi connectivity index (χ0n) is 10.5. The first kappa shape index (κ1) is 12.8. The van der Waals surface area contributed by atoms with E-state index in [1.165, 1.54) is 57.1 Å². The van der Waals surface area contributed by atoms with Crippen molar-refractivity contribution in [3.8, 4) is 0 Å². The van der Waals surface area contributed by atoms with Crippen LogP contribution in [0.4, 0.5) is 0 Å². The molecule has 1 rings (SSSR count). The number of hydrogen-bond donors (Lipinski definition) is 1. The first-order valence-electron chi connectivity index (χ1n) is 6.53. The minimum absolute atomic E-state index is 0.914. The predicted octanol–water partition coefficient (Wildman–Crippen LogP) is 3.76. The number of rotatable bonds is 5. The summed E-state index contributed by atoms with van der Waals surface area (Å²) in [4.78, 5) is 0. The van der Waals surface area contributed by atoms with Crippen LogP contribution in [0.2, 0.25) is 0 Å². The maximum absolute atomic E-state index is 4.02. The van der Waals surface area contributed by atoms with Gasteiger partial charge in [-0.3, -0.25) is 0 Å². The van der Waals surface area contributed by atoms with Gasteiger partial charge in [-0.05, 0) is 51.6 Å². The van der Waals surface area contributed by atoms with Gasteiger partial charge < -0.3 is 5.32 Å². The van der Waals surface area contributed by atoms with E-state index in [0.717, 1.165) is 11.8 Å². The number of allylic oxidation sites excluding steroid dienone is 1. The van der Waals surface area contributed by atoms with Crippen molar-refractivity contribution in [1.82, 2.24) is 5.32 Å². The average molecular weight is 209 g/mol. The van der Waals surface area contributed by atoms with Gasteiger partial charge in [-0.2, -0.15) is 0 Å². The van der Waals surface area contributed by atoms with Gasteiger partial charge >= 0.3 is 0 Å². The van der Waals surface area contributed by atoms with Crippen LogP contribution in [-0.4, -0.2) is 13.6 Å². The smallest absolute Gasteiger partial charge is 0.00209 e. The van der Waals surface area contributed by atoms with E-state index in [1.54, 1.807) is 0 Å². The molecule has 1 N–H and O–H groups in total. The first-order valence-corrected chi connectivity index (χ1v) is 6.53. The summed E-state index contributed by atoms with van der Waals surface area (Å²) < 4.78 is 0. The predicted molar refractivity (Wildman–Crippen MR) is 68.0 cm³/mol. The van der Waals surface area contributed by atoms with E-state index in [1.807, 2.05) is 0 Å². The van der Waals surface area contributed by atoms with Crippen molar-refractivity contribution in [2.45, 2.75) is 51.9 Å². The van der Waals surface area contributed by atoms with Gasteiger partial charge in [-0.1, -0.05) is 31.3 Å². The van der Waals surface area contributed by atoms with E-state index in [-0.39, 0.29) is 0 Å². The summed E-state index contributed by atoms with van der Waals surface area (Å²) in [7, 11) is 2.08. The molecule has 0 amide bonds. The normalized spacial score (nSPS) is 27.3. The maximum atomic E-state index is 4.02. The molecule has 15 heavy (non-hydrogen) atoms. The van der Waals surface area contributed by atoms with Crippen LogP contribution in [0.15, 0.2) is 12.2 Å². The summed E-state index contributed by atoms with van der Waals surface area (Å²) in [6, 6.07) is 0. The van der Waals surface area contributed by atoms with Gasteiger partial charge in [0.15, 0.2) is 0 Å². The van der Waals surface area contributed by atoms with Crippen LogP contribution < -0.4 is 5.32 Å². The Morgan fingerprint density at radius 3 is 2.47 bits per heavy atom. The van der Waals surface area contributed by atoms with E-state index >= 15 is 0 Å². The Hall–Kier alpha value is -0.300. The van der Waals surface area contributed by atoms with Gasteiger partial charge in [-0.25, -0.2) is 0 Å². The third-order valence-corrected chi connectivity index (χ3v) is 3.72. The Morgan fingerprint density at radius 2 is 1.87 bits per heavy atom. The van der Waals surface area contributed by atoms with E-state index in [9.17, 15) is 0 Å². The monoisotopic (exact) mass is 209 g/mol. The van der Waals surface area contributed by atoms with E-state index < -0.39 is 0 Å². The average Bonchev–Trinajstić information content (AvgIpc) is 2.41. The second-order valence-corrected chi connectivity index (χ2v) is 5.21. The van der Waals surface area contributed by atoms with Crippen LogP contribution in [0.1, 0.15) is 51.9 Å². The second kappa shape index (κ2) is 7.05. The molecule has 0 bridgehead atoms. The van der Waals surface area contributed by atoms with Crippen molar-refractivity contribution in [3.63, 3.8) is 0 Å². The molecule has 1 aliphatic rings. The highest BCUT2D eigenvalue weighted by Crippen LogP contribution is 2.32. The molecule has 0 heterocycles. The standard InChI is InChI=1S/C14H27N/c1-12(2)9-10-13-7-5-4-6-8-14(13)11-15-3/h13-15H,1,4-11H2,2-3H3. The van der Waals surface area contributed by atoms with E-state index in [4.69, 9.17) is 0 Å². The highest BCUT2D eigenvalue weighted by atomic mass is 14.8. The molecule has 0 aromatic heterocycles. The van der Waals surface area contributed by atoms with Crippen molar-refractivity contribution in [2.24, 2.45) is 11.8 Å². The summed E-state index contributed by atoms with van der Waals surface area (Å²) in [6.45, 7) is 7.38. The maximum Gasteiger partial charge on any atom is -0.00209 e. The summed E-state index contributed by atoms with van der Waals surface area (Å²) >= 11 is 0. The second-order valence-electron chi connectivity index (χ2n) is 5.21. The van der Waals surface area contributed by atoms with Crippen LogP contribution in [0.5, 0.6) is 0 Å². The molecular weight excluding hydrogens is 182 g/mol. The summed E-state index contributed by atoms with van der Waals surface area (Å²) in [5.41, 5.74) is 1.35. The Kier molecular flexibility index (Phi) is 6.00. The molecule has 0 aromatic rings. The van der Waals surface area contributed by atoms with Crippen molar-refractivity contribution >= 4 is 0 Å². The van der Waals surface area contributed by atoms with Crippen LogP contribution in [0, 0.1) is 11.8 Å². The zero-order valence-corrected chi connectivity index (χ0v) is 10.5. The third-order valence-electron chi connectivity index (χ3n) is 3.72. The van der Waals surface area contributed by atoms with Gasteiger partial charge in [0.1, 0.15) is 0 Å². The topological polar surface area (TPSA) is 12.0 Å². The first-order chi connectivity index (χ1) is 7.24. The van der Waals surface area contributed by atoms with Crippen molar-refractivity contribution in [3.05, 3.63) is 12.2 Å². The molecule has 1 saturated carbocycles. The molecular formula is C14H27N. The molecule has 1 heteroatoms. The Balaban J connectivity index is 2.42. The van der Waals surface area contributed by atoms with E-state index in [2.05, 4.69) is 25.9 Å². The number of nitrogens with one attached hydrogen (secondary N) is 1. The Bertz CT molecular complexity index is 186. The molecule has 0 aliphatic heterocycles. The summed E-state index contributed by atoms with van der Waals surface area (Å²) in [6.07, 6.45) is 9.80. The van der Waals surface area contributed by atoms with Crippen LogP contribution >= 0.6 is 0 Å². The number of hydrogen-bond acceptors (Lipinski definition) is 1. The van der Waals surface area contributed by atoms with Crippen molar-refractivity contribution in [2.75, 3.05) is 13.6 Å². The highest BCUT2D eigenvalue weighted by molar-refractivity contribution is 4.89. The lowest BCUT2D eigenvalue weighted by atomic mass is 9.84. The largest absolute Gasteiger partial charge is 0.319 e. The lowest BCUT2D eigenvalue weighted by Gasteiger charge is -2.25. The molecule has 2 unspecified atom stereocenters. The van der Waals surface area contributed by atoms with Gasteiger partial charge in [0.2, 0.25) is 0 Å². The molecule has 1 aliphatic carbocycles. The lowest BCUT2D eigenvalue weighted by molar-refractivity contribution is 0.289. The summed E-state index contributed by atoms with van der Waals surface area (Å²) in [5.74, 6) is 1.86. The van der Waals surface area contributed by atoms with Crippen LogP contribution in [0.25, 0.3) is 0 Å². The molecule has 0 aromatic carbocycles. The van der Waals surface area contributed by atoms with Gasteiger partial charge in [0.25, 0.3) is 0 Å². The van der Waals surface area contributed by atoms with Gasteiger partial charge in [0, 0.05) is 0 Å². The molecule has 2 atom stereocenters. The SMILES string of the molecule is C=C(C)CCC1CCCCCC1CNC. The van der Waals surface area contributed by atoms with Gasteiger partial charge in [-0.15, -0.1) is 6.58 Å². The fourth-order valence-corrected chi connectivity index (χ4v) is 2.80. The Morgan fingerprint density at radius 1 is 1.20 bits per heavy atom. The minimum atomic E-state index is 0.914. The highest BCUT2D eigenvalue weighted by Gasteiger charge is 2.22. The van der Waals surface area contributed by atoms with Crippen molar-refractivity contribution in [1.29, 1.82) is 0 Å². The fourth-order valence-electron chi connectivity index (χ4n) is 2.80. The third kappa shape index (κ3) is 4.83. The summed E-state index contributed by atoms with van der Waals surface area (Å²) in [5, 5.41) is 3.36. The van der Waals surface area contributed by atoms with Crippen LogP contribution in [0.3, 0.4) is 0 Å². The molecule has 1 fully saturated rings. The molecule has 0 radical (unpaired) electrons. The minimum Gasteiger partial charge on any atom is -0.319 e. The fraction of sp³-hybridized carbons (Fsp3) is 0.857. The van der Waals surface area contributed by atoms with Gasteiger partial charge in [0.05, 0.1) is 0 Å². The zero-order chi connectivity index (χ0) is 11.1.